The summed E-state index contributed by atoms with van der Waals surface area (Å²) in [6.45, 7) is 7.26. The molecule has 2 aliphatic rings. The molecule has 0 bridgehead atoms. The Morgan fingerprint density at radius 2 is 1.20 bits per heavy atom. The highest BCUT2D eigenvalue weighted by atomic mass is 16.7. The zero-order chi connectivity index (χ0) is 46.8. The highest BCUT2D eigenvalue weighted by Gasteiger charge is 2.51. The summed E-state index contributed by atoms with van der Waals surface area (Å²) in [4.78, 5) is 12.8. The number of carbonyl (C=O) groups is 1. The molecule has 0 saturated carbocycles. The molecule has 14 heteroatoms. The lowest BCUT2D eigenvalue weighted by Crippen LogP contribution is -2.63. The molecule has 14 atom stereocenters. The van der Waals surface area contributed by atoms with Gasteiger partial charge < -0.3 is 63.6 Å². The van der Waals surface area contributed by atoms with Crippen LogP contribution in [0.4, 0.5) is 0 Å². The lowest BCUT2D eigenvalue weighted by molar-refractivity contribution is -0.271. The van der Waals surface area contributed by atoms with Gasteiger partial charge in [-0.3, -0.25) is 4.79 Å². The van der Waals surface area contributed by atoms with Crippen LogP contribution in [0, 0.1) is 11.8 Å². The molecule has 5 N–H and O–H groups in total. The van der Waals surface area contributed by atoms with Crippen LogP contribution in [0.5, 0.6) is 0 Å². The third-order valence-corrected chi connectivity index (χ3v) is 12.3. The number of carbonyl (C=O) groups excluding carboxylic acids is 1. The number of rotatable bonds is 25. The second kappa shape index (κ2) is 26.2. The fraction of sp³-hybridized carbons (Fsp3) is 0.481. The maximum absolute atomic E-state index is 12.8. The smallest absolute Gasteiger partial charge is 0.217 e. The number of benzene rings is 4. The van der Waals surface area contributed by atoms with Crippen molar-refractivity contribution in [2.75, 3.05) is 20.5 Å². The van der Waals surface area contributed by atoms with E-state index < -0.39 is 97.7 Å². The van der Waals surface area contributed by atoms with Gasteiger partial charge >= 0.3 is 0 Å². The molecule has 2 heterocycles. The normalized spacial score (nSPS) is 27.3. The van der Waals surface area contributed by atoms with Crippen molar-refractivity contribution >= 4 is 5.91 Å². The van der Waals surface area contributed by atoms with Gasteiger partial charge in [0.05, 0.1) is 69.6 Å². The van der Waals surface area contributed by atoms with Gasteiger partial charge in [0.15, 0.2) is 6.29 Å². The van der Waals surface area contributed by atoms with E-state index >= 15 is 0 Å². The summed E-state index contributed by atoms with van der Waals surface area (Å²) >= 11 is 0. The fourth-order valence-electron chi connectivity index (χ4n) is 8.92. The van der Waals surface area contributed by atoms with Gasteiger partial charge in [0.2, 0.25) is 5.91 Å². The molecule has 0 unspecified atom stereocenters. The van der Waals surface area contributed by atoms with E-state index in [1.807, 2.05) is 128 Å². The number of nitrogens with one attached hydrogen (secondary N) is 1. The summed E-state index contributed by atoms with van der Waals surface area (Å²) in [5.74, 6) is -2.39. The van der Waals surface area contributed by atoms with Crippen LogP contribution in [0.25, 0.3) is 0 Å². The quantitative estimate of drug-likeness (QED) is 0.0431. The van der Waals surface area contributed by atoms with E-state index in [-0.39, 0.29) is 46.1 Å². The van der Waals surface area contributed by atoms with Gasteiger partial charge in [0.25, 0.3) is 0 Å². The second-order valence-electron chi connectivity index (χ2n) is 17.0. The van der Waals surface area contributed by atoms with Gasteiger partial charge in [-0.2, -0.15) is 0 Å². The van der Waals surface area contributed by atoms with Crippen molar-refractivity contribution in [3.8, 4) is 0 Å². The predicted octanol–water partition coefficient (Wildman–Crippen LogP) is 5.24. The first-order valence-corrected chi connectivity index (χ1v) is 22.7. The Bertz CT molecular complexity index is 1980. The van der Waals surface area contributed by atoms with Crippen LogP contribution in [0.15, 0.2) is 134 Å². The Morgan fingerprint density at radius 1 is 0.712 bits per heavy atom. The fourth-order valence-corrected chi connectivity index (χ4v) is 8.92. The molecular weight excluding hydrogens is 847 g/mol. The van der Waals surface area contributed by atoms with E-state index in [4.69, 9.17) is 37.9 Å². The van der Waals surface area contributed by atoms with Crippen LogP contribution >= 0.6 is 0 Å². The van der Waals surface area contributed by atoms with E-state index in [0.29, 0.717) is 0 Å². The molecule has 2 saturated heterocycles. The molecule has 2 aliphatic heterocycles. The van der Waals surface area contributed by atoms with Crippen LogP contribution < -0.4 is 5.32 Å². The maximum atomic E-state index is 12.8. The number of hydrogen-bond acceptors (Lipinski definition) is 13. The first-order chi connectivity index (χ1) is 32.1. The van der Waals surface area contributed by atoms with E-state index in [2.05, 4.69) is 11.9 Å². The third kappa shape index (κ3) is 14.3. The molecule has 0 aromatic heterocycles. The first-order valence-electron chi connectivity index (χ1n) is 22.7. The lowest BCUT2D eigenvalue weighted by atomic mass is 9.76. The van der Waals surface area contributed by atoms with Crippen LogP contribution in [0.1, 0.15) is 48.9 Å². The second-order valence-corrected chi connectivity index (χ2v) is 17.0. The molecule has 0 spiro atoms. The number of hydrogen-bond donors (Lipinski definition) is 5. The number of aliphatic hydroxyl groups excluding tert-OH is 4. The van der Waals surface area contributed by atoms with Crippen LogP contribution in [0.2, 0.25) is 0 Å². The molecule has 0 aliphatic carbocycles. The molecule has 14 nitrogen and oxygen atoms in total. The average Bonchev–Trinajstić information content (AvgIpc) is 3.34. The average molecular weight is 914 g/mol. The predicted molar refractivity (Wildman–Crippen MR) is 245 cm³/mol. The molecule has 66 heavy (non-hydrogen) atoms. The van der Waals surface area contributed by atoms with Crippen molar-refractivity contribution in [1.82, 2.24) is 5.32 Å². The van der Waals surface area contributed by atoms with E-state index in [1.54, 1.807) is 0 Å². The Labute approximate surface area is 388 Å². The van der Waals surface area contributed by atoms with Crippen molar-refractivity contribution in [3.63, 3.8) is 0 Å². The van der Waals surface area contributed by atoms with Crippen molar-refractivity contribution in [1.29, 1.82) is 0 Å². The monoisotopic (exact) mass is 913 g/mol. The van der Waals surface area contributed by atoms with Crippen molar-refractivity contribution < 1.29 is 63.1 Å². The maximum Gasteiger partial charge on any atom is 0.217 e. The van der Waals surface area contributed by atoms with E-state index in [0.717, 1.165) is 22.3 Å². The Balaban J connectivity index is 1.35. The van der Waals surface area contributed by atoms with Crippen LogP contribution in [-0.2, 0) is 69.1 Å². The molecule has 6 rings (SSSR count). The Kier molecular flexibility index (Phi) is 20.3. The summed E-state index contributed by atoms with van der Waals surface area (Å²) in [6, 6.07) is 37.7. The summed E-state index contributed by atoms with van der Waals surface area (Å²) in [6.07, 6.45) is -9.59. The summed E-state index contributed by atoms with van der Waals surface area (Å²) < 4.78 is 50.6. The number of amides is 1. The minimum atomic E-state index is -1.40. The standard InChI is InChI=1S/C52H67NO13/c1-5-43(64-33-59-4)47(57)40(42(56)26-41-46(53-35(3)55)52(66-45(28-54)48(41)58)63-32-39-24-16-9-17-25-39)27-44-50(61-30-37-20-12-7-13-21-37)51(62-31-38-22-14-8-15-23-38)49(34(2)65-44)60-29-36-18-10-6-11-19-36/h5-25,34,40-52,54,56-58H,1,26-33H2,2-4H3,(H,53,55)/t34-,40-,41+,42-,43+,44-,45+,46+,47+,48-,49+,50+,51+,52-/m0/s1. The van der Waals surface area contributed by atoms with Crippen molar-refractivity contribution in [2.45, 2.75) is 126 Å². The zero-order valence-corrected chi connectivity index (χ0v) is 38.0. The minimum Gasteiger partial charge on any atom is -0.394 e. The number of ether oxygens (including phenoxy) is 8. The van der Waals surface area contributed by atoms with Crippen LogP contribution in [0.3, 0.4) is 0 Å². The van der Waals surface area contributed by atoms with Gasteiger partial charge in [-0.05, 0) is 42.0 Å². The van der Waals surface area contributed by atoms with Gasteiger partial charge in [0, 0.05) is 25.9 Å². The molecule has 4 aromatic rings. The first kappa shape index (κ1) is 51.0. The number of aliphatic hydroxyl groups is 4. The Hall–Kier alpha value is -4.39. The molecule has 4 aromatic carbocycles. The van der Waals surface area contributed by atoms with E-state index in [1.165, 1.54) is 20.1 Å². The molecule has 358 valence electrons. The third-order valence-electron chi connectivity index (χ3n) is 12.3. The molecule has 0 radical (unpaired) electrons. The zero-order valence-electron chi connectivity index (χ0n) is 38.0. The van der Waals surface area contributed by atoms with Crippen molar-refractivity contribution in [2.24, 2.45) is 11.8 Å². The van der Waals surface area contributed by atoms with Gasteiger partial charge in [-0.15, -0.1) is 6.58 Å². The highest BCUT2D eigenvalue weighted by Crippen LogP contribution is 2.38. The molecule has 2 fully saturated rings. The molecule has 1 amide bonds. The summed E-state index contributed by atoms with van der Waals surface area (Å²) in [5.41, 5.74) is 3.66. The summed E-state index contributed by atoms with van der Waals surface area (Å²) in [7, 11) is 1.46. The van der Waals surface area contributed by atoms with E-state index in [9.17, 15) is 25.2 Å². The van der Waals surface area contributed by atoms with Crippen molar-refractivity contribution in [3.05, 3.63) is 156 Å². The lowest BCUT2D eigenvalue weighted by Gasteiger charge is -2.48. The van der Waals surface area contributed by atoms with Gasteiger partial charge in [-0.25, -0.2) is 0 Å². The highest BCUT2D eigenvalue weighted by molar-refractivity contribution is 5.73. The topological polar surface area (TPSA) is 184 Å². The van der Waals surface area contributed by atoms with Crippen LogP contribution in [-0.4, -0.2) is 120 Å². The molecular formula is C52H67NO13. The summed E-state index contributed by atoms with van der Waals surface area (Å²) in [5, 5.41) is 50.0. The van der Waals surface area contributed by atoms with Gasteiger partial charge in [0.1, 0.15) is 37.3 Å². The van der Waals surface area contributed by atoms with Gasteiger partial charge in [-0.1, -0.05) is 127 Å². The number of methoxy groups -OCH3 is 1. The SMILES string of the molecule is C=C[C@@H](OCOC)[C@H](O)[C@@H](C[C@@H]1O[C@@H](C)[C@@H](OCc2ccccc2)[C@@H](OCc2ccccc2)[C@@H]1OCc1ccccc1)[C@@H](O)C[C@H]1[C@H](O)[C@@H](CO)O[C@H](OCc2ccccc2)[C@@H]1NC(C)=O. The largest absolute Gasteiger partial charge is 0.394 e. The Morgan fingerprint density at radius 3 is 1.67 bits per heavy atom. The minimum absolute atomic E-state index is 0.00486.